The predicted molar refractivity (Wildman–Crippen MR) is 81.9 cm³/mol. The molecular formula is C18H3ClF10. The Morgan fingerprint density at radius 3 is 0.897 bits per heavy atom. The summed E-state index contributed by atoms with van der Waals surface area (Å²) in [5.74, 6) is -23.3. The average Bonchev–Trinajstić information content (AvgIpc) is 2.67. The molecule has 0 unspecified atom stereocenters. The van der Waals surface area contributed by atoms with Crippen molar-refractivity contribution in [2.75, 3.05) is 0 Å². The first-order valence-electron chi connectivity index (χ1n) is 7.31. The van der Waals surface area contributed by atoms with Crippen LogP contribution in [0.5, 0.6) is 0 Å². The molecule has 0 aliphatic carbocycles. The zero-order valence-corrected chi connectivity index (χ0v) is 14.1. The van der Waals surface area contributed by atoms with Gasteiger partial charge in [-0.15, -0.1) is 0 Å². The lowest BCUT2D eigenvalue weighted by atomic mass is 9.97. The van der Waals surface area contributed by atoms with Gasteiger partial charge in [-0.1, -0.05) is 11.6 Å². The van der Waals surface area contributed by atoms with Crippen molar-refractivity contribution in [2.45, 2.75) is 0 Å². The molecule has 0 amide bonds. The zero-order chi connectivity index (χ0) is 21.8. The molecule has 29 heavy (non-hydrogen) atoms. The fraction of sp³-hybridized carbons (Fsp3) is 0. The van der Waals surface area contributed by atoms with Crippen LogP contribution in [0.2, 0.25) is 5.02 Å². The summed E-state index contributed by atoms with van der Waals surface area (Å²) in [4.78, 5) is 0. The SMILES string of the molecule is Fc1c(F)c(F)c(-c2cc(Cl)cc(-c3c(F)c(F)c(F)c(F)c3F)c2)c(F)c1F. The molecule has 0 nitrogen and oxygen atoms in total. The van der Waals surface area contributed by atoms with E-state index in [1.165, 1.54) is 0 Å². The number of halogens is 11. The van der Waals surface area contributed by atoms with Gasteiger partial charge in [0.15, 0.2) is 46.5 Å². The Kier molecular flexibility index (Phi) is 5.24. The number of rotatable bonds is 2. The van der Waals surface area contributed by atoms with Gasteiger partial charge in [0, 0.05) is 5.02 Å². The van der Waals surface area contributed by atoms with E-state index in [9.17, 15) is 43.9 Å². The first kappa shape index (κ1) is 21.0. The summed E-state index contributed by atoms with van der Waals surface area (Å²) in [6, 6.07) is 1.81. The Labute approximate surface area is 160 Å². The number of hydrogen-bond acceptors (Lipinski definition) is 0. The van der Waals surface area contributed by atoms with Gasteiger partial charge in [0.1, 0.15) is 0 Å². The molecule has 0 saturated heterocycles. The van der Waals surface area contributed by atoms with Gasteiger partial charge in [-0.3, -0.25) is 0 Å². The second-order valence-corrected chi connectivity index (χ2v) is 6.05. The highest BCUT2D eigenvalue weighted by molar-refractivity contribution is 6.31. The Hall–Kier alpha value is -2.75. The molecule has 0 fully saturated rings. The van der Waals surface area contributed by atoms with Crippen molar-refractivity contribution < 1.29 is 43.9 Å². The molecule has 152 valence electrons. The zero-order valence-electron chi connectivity index (χ0n) is 13.4. The maximum Gasteiger partial charge on any atom is 0.200 e. The van der Waals surface area contributed by atoms with Crippen LogP contribution in [-0.4, -0.2) is 0 Å². The molecule has 0 saturated carbocycles. The third kappa shape index (κ3) is 3.21. The monoisotopic (exact) mass is 444 g/mol. The van der Waals surface area contributed by atoms with Crippen molar-refractivity contribution in [2.24, 2.45) is 0 Å². The van der Waals surface area contributed by atoms with Gasteiger partial charge in [-0.25, -0.2) is 43.9 Å². The van der Waals surface area contributed by atoms with Gasteiger partial charge >= 0.3 is 0 Å². The van der Waals surface area contributed by atoms with Gasteiger partial charge in [0.2, 0.25) is 11.6 Å². The Bertz CT molecular complexity index is 1030. The van der Waals surface area contributed by atoms with E-state index in [2.05, 4.69) is 0 Å². The van der Waals surface area contributed by atoms with Crippen LogP contribution in [0.15, 0.2) is 18.2 Å². The maximum atomic E-state index is 14.0. The lowest BCUT2D eigenvalue weighted by molar-refractivity contribution is 0.381. The van der Waals surface area contributed by atoms with Crippen LogP contribution in [0.3, 0.4) is 0 Å². The molecule has 0 aliphatic heterocycles. The van der Waals surface area contributed by atoms with E-state index in [0.717, 1.165) is 0 Å². The summed E-state index contributed by atoms with van der Waals surface area (Å²) in [7, 11) is 0. The van der Waals surface area contributed by atoms with Crippen LogP contribution in [0.25, 0.3) is 22.3 Å². The summed E-state index contributed by atoms with van der Waals surface area (Å²) >= 11 is 5.67. The molecule has 3 rings (SSSR count). The molecule has 3 aromatic rings. The minimum absolute atomic E-state index is 0.461. The molecule has 0 radical (unpaired) electrons. The van der Waals surface area contributed by atoms with Crippen molar-refractivity contribution in [3.8, 4) is 22.3 Å². The molecule has 0 heterocycles. The minimum atomic E-state index is -2.45. The lowest BCUT2D eigenvalue weighted by Gasteiger charge is -2.13. The van der Waals surface area contributed by atoms with Gasteiger partial charge in [0.25, 0.3) is 0 Å². The van der Waals surface area contributed by atoms with Crippen LogP contribution in [-0.2, 0) is 0 Å². The van der Waals surface area contributed by atoms with Crippen LogP contribution in [0.1, 0.15) is 0 Å². The number of hydrogen-bond donors (Lipinski definition) is 0. The third-order valence-corrected chi connectivity index (χ3v) is 4.11. The highest BCUT2D eigenvalue weighted by Gasteiger charge is 2.29. The van der Waals surface area contributed by atoms with Crippen molar-refractivity contribution in [3.05, 3.63) is 81.4 Å². The molecular weight excluding hydrogens is 442 g/mol. The van der Waals surface area contributed by atoms with Gasteiger partial charge < -0.3 is 0 Å². The Morgan fingerprint density at radius 2 is 0.621 bits per heavy atom. The highest BCUT2D eigenvalue weighted by atomic mass is 35.5. The third-order valence-electron chi connectivity index (χ3n) is 3.89. The van der Waals surface area contributed by atoms with Gasteiger partial charge in [-0.05, 0) is 29.3 Å². The van der Waals surface area contributed by atoms with E-state index in [0.29, 0.717) is 18.2 Å². The van der Waals surface area contributed by atoms with Crippen molar-refractivity contribution in [3.63, 3.8) is 0 Å². The highest BCUT2D eigenvalue weighted by Crippen LogP contribution is 2.38. The van der Waals surface area contributed by atoms with Crippen molar-refractivity contribution >= 4 is 11.6 Å². The summed E-state index contributed by atoms with van der Waals surface area (Å²) in [6.45, 7) is 0. The normalized spacial score (nSPS) is 11.3. The lowest BCUT2D eigenvalue weighted by Crippen LogP contribution is -2.05. The summed E-state index contributed by atoms with van der Waals surface area (Å²) < 4.78 is 136. The topological polar surface area (TPSA) is 0 Å². The Morgan fingerprint density at radius 1 is 0.379 bits per heavy atom. The van der Waals surface area contributed by atoms with Gasteiger partial charge in [0.05, 0.1) is 11.1 Å². The summed E-state index contributed by atoms with van der Waals surface area (Å²) in [5.41, 5.74) is -4.73. The van der Waals surface area contributed by atoms with Crippen LogP contribution in [0, 0.1) is 58.2 Å². The van der Waals surface area contributed by atoms with E-state index in [-0.39, 0.29) is 0 Å². The molecule has 11 heteroatoms. The van der Waals surface area contributed by atoms with Gasteiger partial charge in [-0.2, -0.15) is 0 Å². The van der Waals surface area contributed by atoms with Crippen LogP contribution in [0.4, 0.5) is 43.9 Å². The second-order valence-electron chi connectivity index (χ2n) is 5.62. The van der Waals surface area contributed by atoms with E-state index in [4.69, 9.17) is 11.6 Å². The van der Waals surface area contributed by atoms with Crippen LogP contribution < -0.4 is 0 Å². The predicted octanol–water partition coefficient (Wildman–Crippen LogP) is 7.07. The minimum Gasteiger partial charge on any atom is -0.203 e. The first-order valence-corrected chi connectivity index (χ1v) is 7.69. The maximum absolute atomic E-state index is 14.0. The molecule has 0 N–H and O–H groups in total. The summed E-state index contributed by atoms with van der Waals surface area (Å²) in [5, 5.41) is -0.551. The molecule has 0 aliphatic rings. The van der Waals surface area contributed by atoms with E-state index < -0.39 is 85.4 Å². The largest absolute Gasteiger partial charge is 0.203 e. The molecule has 0 atom stereocenters. The van der Waals surface area contributed by atoms with E-state index >= 15 is 0 Å². The number of benzene rings is 3. The second kappa shape index (κ2) is 7.25. The first-order chi connectivity index (χ1) is 13.5. The van der Waals surface area contributed by atoms with Crippen molar-refractivity contribution in [1.29, 1.82) is 0 Å². The average molecular weight is 445 g/mol. The standard InChI is InChI=1S/C18H3ClF10/c19-6-2-4(7-9(20)13(24)17(28)14(25)10(7)21)1-5(3-6)8-11(22)15(26)18(29)16(27)12(8)23/h1-3H. The smallest absolute Gasteiger partial charge is 0.200 e. The Balaban J connectivity index is 2.37. The fourth-order valence-electron chi connectivity index (χ4n) is 2.60. The van der Waals surface area contributed by atoms with E-state index in [1.54, 1.807) is 0 Å². The summed E-state index contributed by atoms with van der Waals surface area (Å²) in [6.07, 6.45) is 0. The molecule has 0 bridgehead atoms. The van der Waals surface area contributed by atoms with Crippen molar-refractivity contribution in [1.82, 2.24) is 0 Å². The van der Waals surface area contributed by atoms with Crippen LogP contribution >= 0.6 is 11.6 Å². The quantitative estimate of drug-likeness (QED) is 0.225. The molecule has 0 spiro atoms. The molecule has 0 aromatic heterocycles. The molecule has 3 aromatic carbocycles. The van der Waals surface area contributed by atoms with E-state index in [1.807, 2.05) is 0 Å². The fourth-order valence-corrected chi connectivity index (χ4v) is 2.83.